The number of nitrogen functional groups attached to an aromatic ring is 1. The van der Waals surface area contributed by atoms with Crippen LogP contribution in [-0.4, -0.2) is 69.2 Å². The van der Waals surface area contributed by atoms with Crippen LogP contribution in [0.2, 0.25) is 5.02 Å². The maximum Gasteiger partial charge on any atom is 0.317 e. The molecule has 1 spiro atoms. The van der Waals surface area contributed by atoms with Crippen molar-refractivity contribution in [1.29, 1.82) is 5.26 Å². The van der Waals surface area contributed by atoms with E-state index in [9.17, 15) is 14.0 Å². The summed E-state index contributed by atoms with van der Waals surface area (Å²) in [5.74, 6) is -1.20. The van der Waals surface area contributed by atoms with Gasteiger partial charge in [-0.1, -0.05) is 29.4 Å². The van der Waals surface area contributed by atoms with E-state index in [1.165, 1.54) is 12.1 Å². The average Bonchev–Trinajstić information content (AvgIpc) is 3.67. The Kier molecular flexibility index (Phi) is 6.82. The number of hydrogen-bond donors (Lipinski definition) is 1. The van der Waals surface area contributed by atoms with Gasteiger partial charge in [-0.15, -0.1) is 0 Å². The molecule has 0 amide bonds. The van der Waals surface area contributed by atoms with E-state index in [2.05, 4.69) is 21.1 Å². The monoisotopic (exact) mass is 653 g/mol. The summed E-state index contributed by atoms with van der Waals surface area (Å²) in [5, 5.41) is 10.2. The highest BCUT2D eigenvalue weighted by Crippen LogP contribution is 2.51. The SMILES string of the molecule is N#CN1CC2(CCCC(c3nc(OC[C@@]45CCCN4C[C@H](F)C5)nc4c(F)c(-c5ccc(F)c6sc(N)nc56)c(Cl)cc34)C2)C1. The molecule has 1 aliphatic carbocycles. The quantitative estimate of drug-likeness (QED) is 0.234. The summed E-state index contributed by atoms with van der Waals surface area (Å²) in [6, 6.07) is 4.44. The largest absolute Gasteiger partial charge is 0.461 e. The third-order valence-corrected chi connectivity index (χ3v) is 11.6. The second-order valence-electron chi connectivity index (χ2n) is 13.3. The van der Waals surface area contributed by atoms with E-state index in [1.807, 2.05) is 0 Å². The van der Waals surface area contributed by atoms with E-state index >= 15 is 4.39 Å². The van der Waals surface area contributed by atoms with Gasteiger partial charge in [-0.05, 0) is 56.8 Å². The van der Waals surface area contributed by atoms with Crippen molar-refractivity contribution in [1.82, 2.24) is 24.8 Å². The van der Waals surface area contributed by atoms with Crippen molar-refractivity contribution >= 4 is 49.2 Å². The number of likely N-dealkylation sites (tertiary alicyclic amines) is 1. The zero-order valence-corrected chi connectivity index (χ0v) is 26.0. The number of halogens is 4. The highest BCUT2D eigenvalue weighted by atomic mass is 35.5. The molecule has 4 aliphatic rings. The summed E-state index contributed by atoms with van der Waals surface area (Å²) in [6.07, 6.45) is 7.12. The van der Waals surface area contributed by atoms with Crippen molar-refractivity contribution < 1.29 is 17.9 Å². The molecule has 234 valence electrons. The van der Waals surface area contributed by atoms with Gasteiger partial charge in [-0.3, -0.25) is 4.90 Å². The third-order valence-electron chi connectivity index (χ3n) is 10.4. The zero-order chi connectivity index (χ0) is 31.1. The number of nitriles is 1. The van der Waals surface area contributed by atoms with E-state index < -0.39 is 23.3 Å². The fourth-order valence-electron chi connectivity index (χ4n) is 8.47. The number of nitrogens with two attached hydrogens (primary N) is 1. The van der Waals surface area contributed by atoms with Crippen molar-refractivity contribution in [2.24, 2.45) is 5.41 Å². The van der Waals surface area contributed by atoms with Gasteiger partial charge < -0.3 is 15.4 Å². The molecule has 13 heteroatoms. The van der Waals surface area contributed by atoms with E-state index in [4.69, 9.17) is 27.1 Å². The van der Waals surface area contributed by atoms with Gasteiger partial charge in [0.25, 0.3) is 0 Å². The Balaban J connectivity index is 1.25. The second-order valence-corrected chi connectivity index (χ2v) is 14.7. The molecule has 5 heterocycles. The van der Waals surface area contributed by atoms with Crippen LogP contribution in [0.15, 0.2) is 18.2 Å². The van der Waals surface area contributed by atoms with Crippen molar-refractivity contribution in [3.05, 3.63) is 40.6 Å². The molecule has 4 fully saturated rings. The molecule has 8 nitrogen and oxygen atoms in total. The predicted octanol–water partition coefficient (Wildman–Crippen LogP) is 6.82. The molecule has 3 aliphatic heterocycles. The number of aromatic nitrogens is 3. The fourth-order valence-corrected chi connectivity index (χ4v) is 9.52. The minimum atomic E-state index is -0.912. The first kappa shape index (κ1) is 29.0. The molecule has 45 heavy (non-hydrogen) atoms. The second kappa shape index (κ2) is 10.6. The summed E-state index contributed by atoms with van der Waals surface area (Å²) in [5.41, 5.74) is 6.80. The van der Waals surface area contributed by atoms with Gasteiger partial charge in [0.1, 0.15) is 24.1 Å². The van der Waals surface area contributed by atoms with Crippen molar-refractivity contribution in [3.63, 3.8) is 0 Å². The van der Waals surface area contributed by atoms with E-state index in [1.54, 1.807) is 11.0 Å². The summed E-state index contributed by atoms with van der Waals surface area (Å²) in [6.45, 7) is 2.82. The summed E-state index contributed by atoms with van der Waals surface area (Å²) >= 11 is 7.82. The predicted molar refractivity (Wildman–Crippen MR) is 167 cm³/mol. The van der Waals surface area contributed by atoms with Crippen LogP contribution >= 0.6 is 22.9 Å². The van der Waals surface area contributed by atoms with Crippen LogP contribution in [0, 0.1) is 28.5 Å². The first-order chi connectivity index (χ1) is 21.7. The fraction of sp³-hybridized carbons (Fsp3) is 0.500. The molecule has 1 unspecified atom stereocenters. The lowest BCUT2D eigenvalue weighted by Crippen LogP contribution is -2.55. The maximum absolute atomic E-state index is 16.8. The average molecular weight is 654 g/mol. The van der Waals surface area contributed by atoms with Crippen molar-refractivity contribution in [3.8, 4) is 23.3 Å². The molecule has 3 atom stereocenters. The number of alkyl halides is 1. The Bertz CT molecular complexity index is 1890. The van der Waals surface area contributed by atoms with Gasteiger partial charge in [-0.25, -0.2) is 18.2 Å². The minimum Gasteiger partial charge on any atom is -0.461 e. The summed E-state index contributed by atoms with van der Waals surface area (Å²) in [4.78, 5) is 17.7. The van der Waals surface area contributed by atoms with Crippen LogP contribution in [0.25, 0.3) is 32.2 Å². The van der Waals surface area contributed by atoms with E-state index in [0.29, 0.717) is 42.7 Å². The first-order valence-corrected chi connectivity index (χ1v) is 16.6. The number of ether oxygens (including phenoxy) is 1. The van der Waals surface area contributed by atoms with Crippen molar-refractivity contribution in [2.45, 2.75) is 62.6 Å². The van der Waals surface area contributed by atoms with Gasteiger partial charge in [-0.2, -0.15) is 15.2 Å². The molecule has 3 saturated heterocycles. The molecule has 0 bridgehead atoms. The highest BCUT2D eigenvalue weighted by molar-refractivity contribution is 7.22. The van der Waals surface area contributed by atoms with Crippen LogP contribution in [0.1, 0.15) is 56.6 Å². The lowest BCUT2D eigenvalue weighted by Gasteiger charge is -2.51. The number of benzene rings is 2. The molecule has 2 aromatic heterocycles. The first-order valence-electron chi connectivity index (χ1n) is 15.4. The smallest absolute Gasteiger partial charge is 0.317 e. The summed E-state index contributed by atoms with van der Waals surface area (Å²) < 4.78 is 52.4. The molecular formula is C32H31ClF3N7OS. The Morgan fingerprint density at radius 2 is 1.98 bits per heavy atom. The van der Waals surface area contributed by atoms with Gasteiger partial charge in [0.05, 0.1) is 26.5 Å². The van der Waals surface area contributed by atoms with Gasteiger partial charge in [0.2, 0.25) is 0 Å². The standard InChI is InChI=1S/C32H31ClF3N7OS/c33-21-9-20-25(17-3-1-6-31(10-17)13-42(14-31)16-37)40-30(44-15-32-7-2-8-43(32)12-18(34)11-32)41-26(20)24(36)23(21)19-4-5-22(35)28-27(19)39-29(38)45-28/h4-5,9,17-18H,1-3,6-8,10-15H2,(H2,38,39)/t17?,18-,32+/m1/s1. The van der Waals surface area contributed by atoms with Crippen LogP contribution in [0.3, 0.4) is 0 Å². The zero-order valence-electron chi connectivity index (χ0n) is 24.5. The van der Waals surface area contributed by atoms with E-state index in [-0.39, 0.29) is 55.4 Å². The number of anilines is 1. The lowest BCUT2D eigenvalue weighted by molar-refractivity contribution is 0.00344. The minimum absolute atomic E-state index is 0.00673. The number of rotatable bonds is 5. The van der Waals surface area contributed by atoms with E-state index in [0.717, 1.165) is 56.4 Å². The Morgan fingerprint density at radius 1 is 1.13 bits per heavy atom. The van der Waals surface area contributed by atoms with Crippen LogP contribution in [0.5, 0.6) is 6.01 Å². The Hall–Kier alpha value is -3.40. The molecule has 1 saturated carbocycles. The molecular weight excluding hydrogens is 623 g/mol. The Labute approximate surface area is 266 Å². The molecule has 2 aromatic carbocycles. The molecule has 2 N–H and O–H groups in total. The number of fused-ring (bicyclic) bond motifs is 3. The number of thiazole rings is 1. The molecule has 8 rings (SSSR count). The van der Waals surface area contributed by atoms with Crippen molar-refractivity contribution in [2.75, 3.05) is 38.5 Å². The summed E-state index contributed by atoms with van der Waals surface area (Å²) in [7, 11) is 0. The maximum atomic E-state index is 16.8. The van der Waals surface area contributed by atoms with Gasteiger partial charge >= 0.3 is 6.01 Å². The Morgan fingerprint density at radius 3 is 2.80 bits per heavy atom. The van der Waals surface area contributed by atoms with Crippen LogP contribution in [-0.2, 0) is 0 Å². The van der Waals surface area contributed by atoms with Crippen LogP contribution < -0.4 is 10.5 Å². The molecule has 0 radical (unpaired) electrons. The molecule has 4 aromatic rings. The topological polar surface area (TPSA) is 104 Å². The normalized spacial score (nSPS) is 26.0. The van der Waals surface area contributed by atoms with Gasteiger partial charge in [0.15, 0.2) is 17.1 Å². The van der Waals surface area contributed by atoms with Gasteiger partial charge in [0, 0.05) is 53.9 Å². The lowest BCUT2D eigenvalue weighted by atomic mass is 9.64. The highest BCUT2D eigenvalue weighted by Gasteiger charge is 2.50. The van der Waals surface area contributed by atoms with Crippen LogP contribution in [0.4, 0.5) is 18.3 Å². The third kappa shape index (κ3) is 4.69. The number of nitrogens with zero attached hydrogens (tertiary/aromatic N) is 6. The number of hydrogen-bond acceptors (Lipinski definition) is 9.